The molecule has 0 bridgehead atoms. The van der Waals surface area contributed by atoms with Crippen LogP contribution >= 0.6 is 12.9 Å². The number of hydrogen-bond donors (Lipinski definition) is 1. The van der Waals surface area contributed by atoms with E-state index in [1.54, 1.807) is 0 Å². The molecule has 1 atom stereocenters. The summed E-state index contributed by atoms with van der Waals surface area (Å²) in [6.07, 6.45) is 0.963. The van der Waals surface area contributed by atoms with Crippen LogP contribution < -0.4 is 0 Å². The predicted molar refractivity (Wildman–Crippen MR) is 68.5 cm³/mol. The fraction of sp³-hybridized carbons (Fsp3) is 1.00. The molecule has 0 aromatic rings. The highest BCUT2D eigenvalue weighted by atomic mass is 32.1. The fourth-order valence-electron chi connectivity index (χ4n) is 1.06. The van der Waals surface area contributed by atoms with Crippen LogP contribution in [0.5, 0.6) is 0 Å². The van der Waals surface area contributed by atoms with Crippen molar-refractivity contribution in [2.75, 3.05) is 19.8 Å². The highest BCUT2D eigenvalue weighted by Crippen LogP contribution is 2.15. The second-order valence-corrected chi connectivity index (χ2v) is 7.09. The van der Waals surface area contributed by atoms with E-state index in [1.807, 2.05) is 6.92 Å². The Morgan fingerprint density at radius 2 is 1.87 bits per heavy atom. The van der Waals surface area contributed by atoms with E-state index in [1.165, 1.54) is 0 Å². The average molecular weight is 252 g/mol. The lowest BCUT2D eigenvalue weighted by Crippen LogP contribution is -2.28. The van der Waals surface area contributed by atoms with Crippen LogP contribution in [0, 0.1) is 5.41 Å². The second kappa shape index (κ2) is 8.58. The van der Waals surface area contributed by atoms with Gasteiger partial charge in [-0.25, -0.2) is 0 Å². The molecule has 3 nitrogen and oxygen atoms in total. The Hall–Kier alpha value is 0.447. The second-order valence-electron chi connectivity index (χ2n) is 4.73. The van der Waals surface area contributed by atoms with Crippen molar-refractivity contribution in [3.8, 4) is 0 Å². The van der Waals surface area contributed by atoms with Crippen LogP contribution in [0.2, 0.25) is 6.04 Å². The smallest absolute Gasteiger partial charge is 0.321 e. The lowest BCUT2D eigenvalue weighted by atomic mass is 9.99. The van der Waals surface area contributed by atoms with Gasteiger partial charge in [0.15, 0.2) is 0 Å². The first kappa shape index (κ1) is 15.4. The molecule has 0 aliphatic heterocycles. The molecule has 0 rings (SSSR count). The molecular weight excluding hydrogens is 228 g/mol. The monoisotopic (exact) mass is 252 g/mol. The van der Waals surface area contributed by atoms with Crippen molar-refractivity contribution in [1.29, 1.82) is 0 Å². The van der Waals surface area contributed by atoms with Gasteiger partial charge in [0.25, 0.3) is 0 Å². The first-order valence-corrected chi connectivity index (χ1v) is 7.61. The third kappa shape index (κ3) is 10.7. The molecule has 0 spiro atoms. The molecule has 0 radical (unpaired) electrons. The number of rotatable bonds is 8. The van der Waals surface area contributed by atoms with Gasteiger partial charge in [0, 0.05) is 13.2 Å². The van der Waals surface area contributed by atoms with E-state index >= 15 is 0 Å². The maximum atomic E-state index is 5.83. The molecule has 92 valence electrons. The Labute approximate surface area is 101 Å². The molecule has 5 heteroatoms. The Bertz CT molecular complexity index is 150. The SMILES string of the molecule is CCO[SiH](CCCOS)OCC(C)(C)C. The van der Waals surface area contributed by atoms with Crippen LogP contribution in [0.15, 0.2) is 0 Å². The van der Waals surface area contributed by atoms with E-state index in [-0.39, 0.29) is 5.41 Å². The molecule has 0 aliphatic rings. The topological polar surface area (TPSA) is 27.7 Å². The van der Waals surface area contributed by atoms with Crippen molar-refractivity contribution in [2.24, 2.45) is 5.41 Å². The number of thiol groups is 1. The molecule has 0 aromatic heterocycles. The van der Waals surface area contributed by atoms with Gasteiger partial charge in [-0.3, -0.25) is 0 Å². The summed E-state index contributed by atoms with van der Waals surface area (Å²) in [5.41, 5.74) is 0.211. The average Bonchev–Trinajstić information content (AvgIpc) is 2.13. The Kier molecular flexibility index (Phi) is 8.84. The molecule has 0 aromatic carbocycles. The molecule has 0 amide bonds. The lowest BCUT2D eigenvalue weighted by molar-refractivity contribution is 0.143. The third-order valence-corrected chi connectivity index (χ3v) is 4.04. The standard InChI is InChI=1S/C10H24O3SSi/c1-5-12-15(8-6-7-11-14)13-9-10(2,3)4/h14-15H,5-9H2,1-4H3. The quantitative estimate of drug-likeness (QED) is 0.311. The van der Waals surface area contributed by atoms with Crippen LogP contribution in [0.25, 0.3) is 0 Å². The van der Waals surface area contributed by atoms with E-state index < -0.39 is 9.28 Å². The normalized spacial score (nSPS) is 14.2. The van der Waals surface area contributed by atoms with Crippen molar-refractivity contribution in [3.05, 3.63) is 0 Å². The predicted octanol–water partition coefficient (Wildman–Crippen LogP) is 2.56. The molecule has 0 saturated heterocycles. The van der Waals surface area contributed by atoms with Crippen LogP contribution in [-0.4, -0.2) is 29.1 Å². The number of hydrogen-bond acceptors (Lipinski definition) is 4. The van der Waals surface area contributed by atoms with Gasteiger partial charge in [-0.05, 0) is 37.7 Å². The van der Waals surface area contributed by atoms with Gasteiger partial charge >= 0.3 is 9.28 Å². The van der Waals surface area contributed by atoms with Crippen LogP contribution in [0.1, 0.15) is 34.1 Å². The maximum Gasteiger partial charge on any atom is 0.321 e. The zero-order valence-corrected chi connectivity index (χ0v) is 12.3. The minimum atomic E-state index is -1.48. The summed E-state index contributed by atoms with van der Waals surface area (Å²) >= 11 is 3.71. The molecule has 0 fully saturated rings. The molecule has 0 heterocycles. The summed E-state index contributed by atoms with van der Waals surface area (Å²) in [6, 6.07) is 0.991. The van der Waals surface area contributed by atoms with Gasteiger partial charge in [0.05, 0.1) is 6.61 Å². The van der Waals surface area contributed by atoms with Gasteiger partial charge in [-0.1, -0.05) is 20.8 Å². The highest BCUT2D eigenvalue weighted by molar-refractivity contribution is 7.75. The Morgan fingerprint density at radius 3 is 2.33 bits per heavy atom. The summed E-state index contributed by atoms with van der Waals surface area (Å²) in [4.78, 5) is 0. The highest BCUT2D eigenvalue weighted by Gasteiger charge is 2.17. The molecule has 0 saturated carbocycles. The third-order valence-electron chi connectivity index (χ3n) is 1.73. The van der Waals surface area contributed by atoms with Gasteiger partial charge < -0.3 is 13.0 Å². The molecule has 1 unspecified atom stereocenters. The summed E-state index contributed by atoms with van der Waals surface area (Å²) < 4.78 is 16.2. The van der Waals surface area contributed by atoms with Gasteiger partial charge in [0.2, 0.25) is 0 Å². The van der Waals surface area contributed by atoms with E-state index in [2.05, 4.69) is 33.7 Å². The minimum Gasteiger partial charge on any atom is -0.397 e. The first-order chi connectivity index (χ1) is 6.99. The lowest BCUT2D eigenvalue weighted by Gasteiger charge is -2.23. The van der Waals surface area contributed by atoms with Crippen molar-refractivity contribution in [3.63, 3.8) is 0 Å². The maximum absolute atomic E-state index is 5.83. The molecule has 15 heavy (non-hydrogen) atoms. The van der Waals surface area contributed by atoms with E-state index in [0.717, 1.165) is 25.7 Å². The Morgan fingerprint density at radius 1 is 1.20 bits per heavy atom. The summed E-state index contributed by atoms with van der Waals surface area (Å²) in [7, 11) is -1.48. The van der Waals surface area contributed by atoms with Crippen molar-refractivity contribution < 1.29 is 13.0 Å². The van der Waals surface area contributed by atoms with Crippen LogP contribution in [-0.2, 0) is 13.0 Å². The van der Waals surface area contributed by atoms with Crippen LogP contribution in [0.3, 0.4) is 0 Å². The van der Waals surface area contributed by atoms with E-state index in [4.69, 9.17) is 13.0 Å². The molecule has 0 aliphatic carbocycles. The van der Waals surface area contributed by atoms with Crippen molar-refractivity contribution in [1.82, 2.24) is 0 Å². The minimum absolute atomic E-state index is 0.211. The summed E-state index contributed by atoms with van der Waals surface area (Å²) in [5.74, 6) is 0. The van der Waals surface area contributed by atoms with E-state index in [0.29, 0.717) is 6.61 Å². The summed E-state index contributed by atoms with van der Waals surface area (Å²) in [6.45, 7) is 10.7. The zero-order valence-electron chi connectivity index (χ0n) is 10.3. The van der Waals surface area contributed by atoms with Crippen molar-refractivity contribution in [2.45, 2.75) is 40.2 Å². The summed E-state index contributed by atoms with van der Waals surface area (Å²) in [5, 5.41) is 0. The fourth-order valence-corrected chi connectivity index (χ4v) is 3.17. The van der Waals surface area contributed by atoms with Gasteiger partial charge in [-0.2, -0.15) is 0 Å². The van der Waals surface area contributed by atoms with Gasteiger partial charge in [0.1, 0.15) is 0 Å². The first-order valence-electron chi connectivity index (χ1n) is 5.49. The van der Waals surface area contributed by atoms with Gasteiger partial charge in [-0.15, -0.1) is 0 Å². The van der Waals surface area contributed by atoms with E-state index in [9.17, 15) is 0 Å². The molecule has 0 N–H and O–H groups in total. The molecular formula is C10H24O3SSi. The van der Waals surface area contributed by atoms with Crippen molar-refractivity contribution >= 4 is 22.2 Å². The Balaban J connectivity index is 3.72. The zero-order chi connectivity index (χ0) is 11.7. The van der Waals surface area contributed by atoms with Crippen LogP contribution in [0.4, 0.5) is 0 Å². The largest absolute Gasteiger partial charge is 0.397 e.